The fraction of sp³-hybridized carbons (Fsp3) is 0.500. The highest BCUT2D eigenvalue weighted by Gasteiger charge is 2.29. The quantitative estimate of drug-likeness (QED) is 0.613. The summed E-state index contributed by atoms with van der Waals surface area (Å²) in [5, 5.41) is 28.5. The van der Waals surface area contributed by atoms with Crippen LogP contribution in [0.2, 0.25) is 0 Å². The van der Waals surface area contributed by atoms with Gasteiger partial charge in [0, 0.05) is 0 Å². The summed E-state index contributed by atoms with van der Waals surface area (Å²) >= 11 is 0. The number of aliphatic hydroxyl groups is 1. The summed E-state index contributed by atoms with van der Waals surface area (Å²) in [7, 11) is 0. The number of rotatable bonds is 2. The lowest BCUT2D eigenvalue weighted by molar-refractivity contribution is 0.0400. The van der Waals surface area contributed by atoms with Crippen LogP contribution >= 0.6 is 12.4 Å². The van der Waals surface area contributed by atoms with Gasteiger partial charge in [0.05, 0.1) is 12.1 Å². The van der Waals surface area contributed by atoms with E-state index in [-0.39, 0.29) is 29.3 Å². The van der Waals surface area contributed by atoms with E-state index in [4.69, 9.17) is 5.73 Å². The van der Waals surface area contributed by atoms with Crippen molar-refractivity contribution in [3.63, 3.8) is 0 Å². The lowest BCUT2D eigenvalue weighted by Crippen LogP contribution is -2.36. The molecule has 0 saturated heterocycles. The SMILES string of the molecule is CC(C)(C)[C@H](O)[C@H](N)c1ccc(O)c(O)c1.Cl. The molecule has 0 saturated carbocycles. The number of benzene rings is 1. The predicted molar refractivity (Wildman–Crippen MR) is 69.4 cm³/mol. The van der Waals surface area contributed by atoms with Gasteiger partial charge in [0.1, 0.15) is 0 Å². The number of phenolic OH excluding ortho intramolecular Hbond substituents is 2. The summed E-state index contributed by atoms with van der Waals surface area (Å²) in [6.07, 6.45) is -0.726. The van der Waals surface area contributed by atoms with Crippen molar-refractivity contribution in [3.05, 3.63) is 23.8 Å². The van der Waals surface area contributed by atoms with E-state index in [1.807, 2.05) is 20.8 Å². The second-order valence-electron chi connectivity index (χ2n) is 5.08. The Morgan fingerprint density at radius 1 is 1.12 bits per heavy atom. The third-order valence-electron chi connectivity index (χ3n) is 2.61. The molecule has 5 heteroatoms. The molecule has 0 aromatic heterocycles. The second kappa shape index (κ2) is 5.58. The molecule has 98 valence electrons. The lowest BCUT2D eigenvalue weighted by Gasteiger charge is -2.31. The summed E-state index contributed by atoms with van der Waals surface area (Å²) in [4.78, 5) is 0. The Balaban J connectivity index is 0.00000256. The van der Waals surface area contributed by atoms with Gasteiger partial charge in [-0.2, -0.15) is 0 Å². The van der Waals surface area contributed by atoms with Gasteiger partial charge in [0.25, 0.3) is 0 Å². The van der Waals surface area contributed by atoms with Gasteiger partial charge in [-0.05, 0) is 23.1 Å². The van der Waals surface area contributed by atoms with Crippen LogP contribution in [0.5, 0.6) is 11.5 Å². The average molecular weight is 262 g/mol. The van der Waals surface area contributed by atoms with Crippen LogP contribution in [0.1, 0.15) is 32.4 Å². The fourth-order valence-corrected chi connectivity index (χ4v) is 1.47. The molecule has 1 aromatic carbocycles. The van der Waals surface area contributed by atoms with Crippen LogP contribution in [-0.2, 0) is 0 Å². The van der Waals surface area contributed by atoms with Crippen LogP contribution in [0.3, 0.4) is 0 Å². The Hall–Kier alpha value is -0.970. The van der Waals surface area contributed by atoms with Crippen molar-refractivity contribution in [2.24, 2.45) is 11.1 Å². The normalized spacial score (nSPS) is 14.9. The van der Waals surface area contributed by atoms with Gasteiger partial charge in [-0.1, -0.05) is 26.8 Å². The van der Waals surface area contributed by atoms with E-state index in [1.165, 1.54) is 12.1 Å². The lowest BCUT2D eigenvalue weighted by atomic mass is 9.82. The second-order valence-corrected chi connectivity index (χ2v) is 5.08. The monoisotopic (exact) mass is 261 g/mol. The number of nitrogens with two attached hydrogens (primary N) is 1. The summed E-state index contributed by atoms with van der Waals surface area (Å²) in [6.45, 7) is 5.66. The summed E-state index contributed by atoms with van der Waals surface area (Å²) in [6, 6.07) is 3.73. The Labute approximate surface area is 107 Å². The fourth-order valence-electron chi connectivity index (χ4n) is 1.47. The molecule has 4 nitrogen and oxygen atoms in total. The smallest absolute Gasteiger partial charge is 0.157 e. The first kappa shape index (κ1) is 16.0. The van der Waals surface area contributed by atoms with Crippen molar-refractivity contribution in [2.45, 2.75) is 32.9 Å². The number of hydrogen-bond acceptors (Lipinski definition) is 4. The number of aromatic hydroxyl groups is 2. The van der Waals surface area contributed by atoms with Crippen molar-refractivity contribution < 1.29 is 15.3 Å². The zero-order valence-corrected chi connectivity index (χ0v) is 11.0. The maximum Gasteiger partial charge on any atom is 0.157 e. The molecule has 0 amide bonds. The molecule has 0 aliphatic heterocycles. The van der Waals surface area contributed by atoms with E-state index in [0.29, 0.717) is 5.56 Å². The van der Waals surface area contributed by atoms with Crippen molar-refractivity contribution in [3.8, 4) is 11.5 Å². The van der Waals surface area contributed by atoms with E-state index < -0.39 is 12.1 Å². The summed E-state index contributed by atoms with van der Waals surface area (Å²) in [5.74, 6) is -0.421. The topological polar surface area (TPSA) is 86.7 Å². The third-order valence-corrected chi connectivity index (χ3v) is 2.61. The van der Waals surface area contributed by atoms with Crippen LogP contribution in [0.4, 0.5) is 0 Å². The van der Waals surface area contributed by atoms with Gasteiger partial charge in [-0.15, -0.1) is 12.4 Å². The summed E-state index contributed by atoms with van der Waals surface area (Å²) < 4.78 is 0. The highest BCUT2D eigenvalue weighted by atomic mass is 35.5. The van der Waals surface area contributed by atoms with E-state index in [2.05, 4.69) is 0 Å². The number of phenols is 2. The van der Waals surface area contributed by atoms with E-state index in [1.54, 1.807) is 6.07 Å². The van der Waals surface area contributed by atoms with Crippen LogP contribution in [0.15, 0.2) is 18.2 Å². The zero-order valence-electron chi connectivity index (χ0n) is 10.2. The number of halogens is 1. The average Bonchev–Trinajstić information content (AvgIpc) is 2.18. The molecule has 0 unspecified atom stereocenters. The Kier molecular flexibility index (Phi) is 5.26. The highest BCUT2D eigenvalue weighted by molar-refractivity contribution is 5.85. The van der Waals surface area contributed by atoms with E-state index in [0.717, 1.165) is 0 Å². The van der Waals surface area contributed by atoms with Crippen molar-refractivity contribution in [1.82, 2.24) is 0 Å². The largest absolute Gasteiger partial charge is 0.504 e. The molecule has 0 radical (unpaired) electrons. The van der Waals surface area contributed by atoms with Crippen LogP contribution < -0.4 is 5.73 Å². The molecular weight excluding hydrogens is 242 g/mol. The Bertz CT molecular complexity index is 377. The molecule has 0 fully saturated rings. The minimum atomic E-state index is -0.726. The molecule has 17 heavy (non-hydrogen) atoms. The van der Waals surface area contributed by atoms with Crippen LogP contribution in [0, 0.1) is 5.41 Å². The number of aliphatic hydroxyl groups excluding tert-OH is 1. The maximum atomic E-state index is 10.00. The molecule has 2 atom stereocenters. The number of hydrogen-bond donors (Lipinski definition) is 4. The van der Waals surface area contributed by atoms with Gasteiger partial charge in [-0.25, -0.2) is 0 Å². The first-order chi connectivity index (χ1) is 7.23. The first-order valence-electron chi connectivity index (χ1n) is 5.19. The Morgan fingerprint density at radius 3 is 2.06 bits per heavy atom. The molecule has 0 bridgehead atoms. The first-order valence-corrected chi connectivity index (χ1v) is 5.19. The predicted octanol–water partition coefficient (Wildman–Crippen LogP) is 1.93. The molecule has 1 aromatic rings. The minimum Gasteiger partial charge on any atom is -0.504 e. The van der Waals surface area contributed by atoms with E-state index >= 15 is 0 Å². The van der Waals surface area contributed by atoms with Crippen LogP contribution in [0.25, 0.3) is 0 Å². The molecule has 0 heterocycles. The third kappa shape index (κ3) is 3.77. The molecular formula is C12H20ClNO3. The van der Waals surface area contributed by atoms with Crippen molar-refractivity contribution >= 4 is 12.4 Å². The van der Waals surface area contributed by atoms with Gasteiger partial charge in [-0.3, -0.25) is 0 Å². The Morgan fingerprint density at radius 2 is 1.65 bits per heavy atom. The molecule has 5 N–H and O–H groups in total. The van der Waals surface area contributed by atoms with Crippen molar-refractivity contribution in [2.75, 3.05) is 0 Å². The molecule has 1 rings (SSSR count). The van der Waals surface area contributed by atoms with Gasteiger partial charge >= 0.3 is 0 Å². The van der Waals surface area contributed by atoms with Gasteiger partial charge in [0.15, 0.2) is 11.5 Å². The highest BCUT2D eigenvalue weighted by Crippen LogP contribution is 2.32. The van der Waals surface area contributed by atoms with Crippen LogP contribution in [-0.4, -0.2) is 21.4 Å². The zero-order chi connectivity index (χ0) is 12.5. The molecule has 0 aliphatic carbocycles. The van der Waals surface area contributed by atoms with Gasteiger partial charge in [0.2, 0.25) is 0 Å². The minimum absolute atomic E-state index is 0. The summed E-state index contributed by atoms with van der Waals surface area (Å²) in [5.41, 5.74) is 6.16. The standard InChI is InChI=1S/C12H19NO3.ClH/c1-12(2,3)11(16)10(13)7-4-5-8(14)9(15)6-7;/h4-6,10-11,14-16H,13H2,1-3H3;1H/t10-,11-;/m1./s1. The van der Waals surface area contributed by atoms with E-state index in [9.17, 15) is 15.3 Å². The van der Waals surface area contributed by atoms with Crippen molar-refractivity contribution in [1.29, 1.82) is 0 Å². The van der Waals surface area contributed by atoms with Gasteiger partial charge < -0.3 is 21.1 Å². The maximum absolute atomic E-state index is 10.00. The molecule has 0 spiro atoms. The molecule has 0 aliphatic rings.